The molecular formula is C40H74O6. The molecule has 2 unspecified atom stereocenters. The van der Waals surface area contributed by atoms with E-state index in [2.05, 4.69) is 32.9 Å². The van der Waals surface area contributed by atoms with Gasteiger partial charge in [0.1, 0.15) is 19.3 Å². The number of hydrogen-bond acceptors (Lipinski definition) is 6. The van der Waals surface area contributed by atoms with Crippen molar-refractivity contribution >= 4 is 11.9 Å². The van der Waals surface area contributed by atoms with E-state index >= 15 is 0 Å². The zero-order valence-electron chi connectivity index (χ0n) is 30.5. The molecule has 0 amide bonds. The summed E-state index contributed by atoms with van der Waals surface area (Å²) in [5.74, 6) is 0.264. The van der Waals surface area contributed by atoms with Crippen molar-refractivity contribution in [3.63, 3.8) is 0 Å². The van der Waals surface area contributed by atoms with Crippen molar-refractivity contribution in [3.8, 4) is 0 Å². The first kappa shape index (κ1) is 42.6. The predicted octanol–water partition coefficient (Wildman–Crippen LogP) is 11.0. The first-order valence-electron chi connectivity index (χ1n) is 19.7. The van der Waals surface area contributed by atoms with Gasteiger partial charge in [-0.3, -0.25) is 9.59 Å². The topological polar surface area (TPSA) is 85.4 Å². The van der Waals surface area contributed by atoms with Crippen LogP contribution in [0.3, 0.4) is 0 Å². The van der Waals surface area contributed by atoms with Crippen LogP contribution in [-0.2, 0) is 23.8 Å². The van der Waals surface area contributed by atoms with Gasteiger partial charge in [0, 0.05) is 12.8 Å². The predicted molar refractivity (Wildman–Crippen MR) is 191 cm³/mol. The van der Waals surface area contributed by atoms with E-state index in [1.807, 2.05) is 0 Å². The second kappa shape index (κ2) is 30.9. The van der Waals surface area contributed by atoms with E-state index in [4.69, 9.17) is 14.2 Å². The molecule has 1 aliphatic heterocycles. The molecule has 6 heteroatoms. The van der Waals surface area contributed by atoms with Gasteiger partial charge in [-0.15, -0.1) is 0 Å². The van der Waals surface area contributed by atoms with Crippen LogP contribution < -0.4 is 0 Å². The van der Waals surface area contributed by atoms with Crippen LogP contribution >= 0.6 is 0 Å². The molecule has 0 saturated carbocycles. The number of unbranched alkanes of at least 4 members (excludes halogenated alkanes) is 19. The lowest BCUT2D eigenvalue weighted by Gasteiger charge is -2.12. The summed E-state index contributed by atoms with van der Waals surface area (Å²) >= 11 is 0. The number of allylic oxidation sites excluding steroid dienone is 1. The van der Waals surface area contributed by atoms with Gasteiger partial charge in [-0.2, -0.15) is 0 Å². The average Bonchev–Trinajstić information content (AvgIpc) is 3.79. The van der Waals surface area contributed by atoms with Crippen LogP contribution in [0.1, 0.15) is 194 Å². The van der Waals surface area contributed by atoms with Crippen LogP contribution in [0.5, 0.6) is 0 Å². The van der Waals surface area contributed by atoms with Crippen LogP contribution in [0.2, 0.25) is 0 Å². The van der Waals surface area contributed by atoms with Gasteiger partial charge in [0.15, 0.2) is 0 Å². The Hall–Kier alpha value is -1.40. The maximum Gasteiger partial charge on any atom is 0.305 e. The van der Waals surface area contributed by atoms with Crippen LogP contribution in [0.4, 0.5) is 0 Å². The van der Waals surface area contributed by atoms with Crippen LogP contribution in [-0.4, -0.2) is 48.6 Å². The zero-order valence-corrected chi connectivity index (χ0v) is 30.5. The highest BCUT2D eigenvalue weighted by molar-refractivity contribution is 5.69. The van der Waals surface area contributed by atoms with Crippen molar-refractivity contribution in [3.05, 3.63) is 12.2 Å². The molecule has 0 bridgehead atoms. The molecule has 1 heterocycles. The summed E-state index contributed by atoms with van der Waals surface area (Å²) < 4.78 is 16.1. The minimum atomic E-state index is -0.970. The van der Waals surface area contributed by atoms with E-state index in [0.717, 1.165) is 63.7 Å². The Labute approximate surface area is 284 Å². The molecular weight excluding hydrogens is 576 g/mol. The SMILES string of the molecule is CCCCC/C=C\CC1OC1CCCCCCCC(=O)OC[C@H](O)COC(=O)CCCCCCCCCCCCCCCC(C)C. The largest absolute Gasteiger partial charge is 0.463 e. The third-order valence-corrected chi connectivity index (χ3v) is 9.10. The lowest BCUT2D eigenvalue weighted by molar-refractivity contribution is -0.152. The normalized spacial score (nSPS) is 16.7. The summed E-state index contributed by atoms with van der Waals surface area (Å²) in [6.45, 7) is 6.61. The monoisotopic (exact) mass is 651 g/mol. The number of carbonyl (C=O) groups excluding carboxylic acids is 2. The van der Waals surface area contributed by atoms with Crippen LogP contribution in [0.25, 0.3) is 0 Å². The fraction of sp³-hybridized carbons (Fsp3) is 0.900. The summed E-state index contributed by atoms with van der Waals surface area (Å²) in [5.41, 5.74) is 0. The average molecular weight is 651 g/mol. The number of aliphatic hydroxyl groups is 1. The number of ether oxygens (including phenoxy) is 3. The van der Waals surface area contributed by atoms with Gasteiger partial charge in [0.25, 0.3) is 0 Å². The first-order chi connectivity index (χ1) is 22.4. The van der Waals surface area contributed by atoms with E-state index in [9.17, 15) is 14.7 Å². The highest BCUT2D eigenvalue weighted by atomic mass is 16.6. The molecule has 46 heavy (non-hydrogen) atoms. The van der Waals surface area contributed by atoms with Gasteiger partial charge in [0.05, 0.1) is 12.2 Å². The second-order valence-electron chi connectivity index (χ2n) is 14.3. The summed E-state index contributed by atoms with van der Waals surface area (Å²) in [6.07, 6.45) is 35.7. The van der Waals surface area contributed by atoms with Crippen molar-refractivity contribution in [2.24, 2.45) is 5.92 Å². The van der Waals surface area contributed by atoms with Crippen molar-refractivity contribution in [1.82, 2.24) is 0 Å². The molecule has 6 nitrogen and oxygen atoms in total. The van der Waals surface area contributed by atoms with Gasteiger partial charge in [-0.25, -0.2) is 0 Å². The third-order valence-electron chi connectivity index (χ3n) is 9.10. The number of esters is 2. The highest BCUT2D eigenvalue weighted by Crippen LogP contribution is 2.30. The van der Waals surface area contributed by atoms with E-state index in [1.165, 1.54) is 103 Å². The van der Waals surface area contributed by atoms with Crippen molar-refractivity contribution in [2.75, 3.05) is 13.2 Å². The maximum absolute atomic E-state index is 12.0. The fourth-order valence-electron chi connectivity index (χ4n) is 5.98. The molecule has 0 aliphatic carbocycles. The third kappa shape index (κ3) is 28.8. The number of rotatable bonds is 34. The molecule has 1 saturated heterocycles. The van der Waals surface area contributed by atoms with Gasteiger partial charge in [-0.1, -0.05) is 155 Å². The number of hydrogen-bond donors (Lipinski definition) is 1. The molecule has 3 atom stereocenters. The zero-order chi connectivity index (χ0) is 33.5. The first-order valence-corrected chi connectivity index (χ1v) is 19.7. The van der Waals surface area contributed by atoms with Crippen molar-refractivity contribution in [1.29, 1.82) is 0 Å². The Bertz CT molecular complexity index is 735. The quantitative estimate of drug-likeness (QED) is 0.0323. The fourth-order valence-corrected chi connectivity index (χ4v) is 5.98. The molecule has 0 aromatic carbocycles. The maximum atomic E-state index is 12.0. The minimum absolute atomic E-state index is 0.120. The molecule has 0 spiro atoms. The molecule has 270 valence electrons. The molecule has 1 N–H and O–H groups in total. The lowest BCUT2D eigenvalue weighted by atomic mass is 10.0. The minimum Gasteiger partial charge on any atom is -0.463 e. The van der Waals surface area contributed by atoms with E-state index in [1.54, 1.807) is 0 Å². The van der Waals surface area contributed by atoms with Crippen LogP contribution in [0, 0.1) is 5.92 Å². The number of aliphatic hydroxyl groups excluding tert-OH is 1. The van der Waals surface area contributed by atoms with Gasteiger partial charge in [-0.05, 0) is 44.4 Å². The second-order valence-corrected chi connectivity index (χ2v) is 14.3. The van der Waals surface area contributed by atoms with Gasteiger partial charge < -0.3 is 19.3 Å². The van der Waals surface area contributed by atoms with E-state index < -0.39 is 6.10 Å². The molecule has 0 aromatic heterocycles. The highest BCUT2D eigenvalue weighted by Gasteiger charge is 2.36. The lowest BCUT2D eigenvalue weighted by Crippen LogP contribution is -2.25. The summed E-state index contributed by atoms with van der Waals surface area (Å²) in [7, 11) is 0. The van der Waals surface area contributed by atoms with Crippen molar-refractivity contribution in [2.45, 2.75) is 212 Å². The summed E-state index contributed by atoms with van der Waals surface area (Å²) in [6, 6.07) is 0. The Morgan fingerprint density at radius 1 is 0.630 bits per heavy atom. The van der Waals surface area contributed by atoms with Crippen LogP contribution in [0.15, 0.2) is 12.2 Å². The molecule has 1 fully saturated rings. The smallest absolute Gasteiger partial charge is 0.305 e. The Morgan fingerprint density at radius 2 is 1.11 bits per heavy atom. The Kier molecular flexibility index (Phi) is 28.6. The van der Waals surface area contributed by atoms with E-state index in [0.29, 0.717) is 25.0 Å². The number of epoxide rings is 1. The van der Waals surface area contributed by atoms with E-state index in [-0.39, 0.29) is 25.2 Å². The van der Waals surface area contributed by atoms with Crippen molar-refractivity contribution < 1.29 is 28.9 Å². The summed E-state index contributed by atoms with van der Waals surface area (Å²) in [4.78, 5) is 24.0. The number of carbonyl (C=O) groups is 2. The molecule has 0 aromatic rings. The van der Waals surface area contributed by atoms with Gasteiger partial charge in [0.2, 0.25) is 0 Å². The Morgan fingerprint density at radius 3 is 1.61 bits per heavy atom. The standard InChI is InChI=1S/C40H74O6/c1-4-5-6-7-19-24-29-37-38(46-37)30-25-20-17-22-27-32-40(43)45-34-36(41)33-44-39(42)31-26-21-16-14-12-10-8-9-11-13-15-18-23-28-35(2)3/h19,24,35-38,41H,4-18,20-23,25-34H2,1-3H3/b24-19-/t36-,37?,38?/m1/s1. The van der Waals surface area contributed by atoms with Gasteiger partial charge >= 0.3 is 11.9 Å². The molecule has 0 radical (unpaired) electrons. The Balaban J connectivity index is 1.81. The summed E-state index contributed by atoms with van der Waals surface area (Å²) in [5, 5.41) is 10.0. The molecule has 1 aliphatic rings. The molecule has 1 rings (SSSR count).